The van der Waals surface area contributed by atoms with E-state index in [1.807, 2.05) is 55.5 Å². The number of amides is 1. The number of benzene rings is 2. The van der Waals surface area contributed by atoms with Crippen molar-refractivity contribution in [2.24, 2.45) is 5.92 Å². The van der Waals surface area contributed by atoms with Crippen molar-refractivity contribution in [1.82, 2.24) is 10.2 Å². The lowest BCUT2D eigenvalue weighted by Gasteiger charge is -2.42. The molecule has 3 heterocycles. The number of hydrogen-bond donors (Lipinski definition) is 2. The van der Waals surface area contributed by atoms with Crippen LogP contribution in [0.1, 0.15) is 58.9 Å². The van der Waals surface area contributed by atoms with E-state index >= 15 is 0 Å². The molecule has 3 aromatic rings. The van der Waals surface area contributed by atoms with Crippen LogP contribution in [0.3, 0.4) is 0 Å². The summed E-state index contributed by atoms with van der Waals surface area (Å²) in [5.41, 5.74) is 3.40. The molecular weight excluding hydrogens is 492 g/mol. The molecule has 0 bridgehead atoms. The fourth-order valence-electron chi connectivity index (χ4n) is 5.77. The van der Waals surface area contributed by atoms with Crippen molar-refractivity contribution in [3.05, 3.63) is 88.7 Å². The van der Waals surface area contributed by atoms with Crippen molar-refractivity contribution in [2.75, 3.05) is 19.6 Å². The van der Waals surface area contributed by atoms with Crippen LogP contribution in [0.25, 0.3) is 0 Å². The van der Waals surface area contributed by atoms with Gasteiger partial charge in [-0.1, -0.05) is 12.1 Å². The lowest BCUT2D eigenvalue weighted by Crippen LogP contribution is -2.50. The van der Waals surface area contributed by atoms with Gasteiger partial charge in [-0.3, -0.25) is 10.0 Å². The highest BCUT2D eigenvalue weighted by molar-refractivity contribution is 5.96. The minimum Gasteiger partial charge on any atom is -0.444 e. The molecule has 1 unspecified atom stereocenters. The number of aromatic nitrogens is 1. The van der Waals surface area contributed by atoms with Gasteiger partial charge in [0.1, 0.15) is 5.56 Å². The number of rotatable bonds is 7. The summed E-state index contributed by atoms with van der Waals surface area (Å²) < 4.78 is 14.1. The molecule has 39 heavy (non-hydrogen) atoms. The summed E-state index contributed by atoms with van der Waals surface area (Å²) in [6, 6.07) is 19.5. The van der Waals surface area contributed by atoms with E-state index in [1.165, 1.54) is 0 Å². The Morgan fingerprint density at radius 1 is 1.13 bits per heavy atom. The monoisotopic (exact) mass is 527 g/mol. The van der Waals surface area contributed by atoms with Gasteiger partial charge in [0.2, 0.25) is 11.9 Å². The van der Waals surface area contributed by atoms with Gasteiger partial charge in [-0.25, -0.2) is 0 Å². The average Bonchev–Trinajstić information content (AvgIpc) is 3.36. The third-order valence-electron chi connectivity index (χ3n) is 8.12. The number of nitrogens with zero attached hydrogens (tertiary/aromatic N) is 3. The fraction of sp³-hybridized carbons (Fsp3) is 0.387. The number of nitrogens with one attached hydrogen (secondary N) is 1. The maximum Gasteiger partial charge on any atom is 0.281 e. The van der Waals surface area contributed by atoms with Crippen molar-refractivity contribution in [1.29, 1.82) is 5.26 Å². The van der Waals surface area contributed by atoms with Gasteiger partial charge in [-0.15, -0.1) is 0 Å². The first-order valence-corrected chi connectivity index (χ1v) is 13.5. The molecule has 2 N–H and O–H groups in total. The molecule has 2 aromatic carbocycles. The molecule has 0 spiro atoms. The van der Waals surface area contributed by atoms with E-state index in [4.69, 9.17) is 9.47 Å². The Hall–Kier alpha value is -4.09. The smallest absolute Gasteiger partial charge is 0.281 e. The first-order valence-electron chi connectivity index (χ1n) is 13.5. The molecule has 0 saturated carbocycles. The van der Waals surface area contributed by atoms with Gasteiger partial charge in [-0.05, 0) is 88.2 Å². The Balaban J connectivity index is 1.21. The standard InChI is InChI=1S/C31H34N4O4/c1-21-13-19-35(37)23(3)29(21)30(36)33-16-12-22(2)34-17-14-26(15-18-34)31(25-10-8-24(20-32)9-11-25)38-27-6-4-5-7-28(27)39-31/h4-11,13,19,22,26H,12,14-18H2,1-3H3,(H-,33,36,37)/p+1. The third kappa shape index (κ3) is 5.15. The van der Waals surface area contributed by atoms with E-state index in [1.54, 1.807) is 19.2 Å². The first-order chi connectivity index (χ1) is 18.8. The molecule has 2 aliphatic heterocycles. The zero-order chi connectivity index (χ0) is 27.6. The molecule has 1 atom stereocenters. The average molecular weight is 528 g/mol. The molecule has 1 fully saturated rings. The molecule has 2 aliphatic rings. The minimum atomic E-state index is -0.921. The molecule has 1 amide bonds. The predicted octanol–water partition coefficient (Wildman–Crippen LogP) is 4.24. The molecule has 202 valence electrons. The highest BCUT2D eigenvalue weighted by atomic mass is 16.7. The summed E-state index contributed by atoms with van der Waals surface area (Å²) in [5.74, 6) is 0.526. The van der Waals surface area contributed by atoms with Gasteiger partial charge < -0.3 is 19.7 Å². The molecule has 8 nitrogen and oxygen atoms in total. The van der Waals surface area contributed by atoms with Crippen LogP contribution < -0.4 is 19.5 Å². The van der Waals surface area contributed by atoms with Gasteiger partial charge >= 0.3 is 0 Å². The fourth-order valence-corrected chi connectivity index (χ4v) is 5.77. The van der Waals surface area contributed by atoms with Crippen LogP contribution >= 0.6 is 0 Å². The maximum absolute atomic E-state index is 12.8. The van der Waals surface area contributed by atoms with E-state index in [9.17, 15) is 15.3 Å². The second kappa shape index (κ2) is 11.0. The molecule has 5 rings (SSSR count). The second-order valence-corrected chi connectivity index (χ2v) is 10.5. The second-order valence-electron chi connectivity index (χ2n) is 10.5. The quantitative estimate of drug-likeness (QED) is 0.352. The van der Waals surface area contributed by atoms with E-state index in [0.29, 0.717) is 29.4 Å². The largest absolute Gasteiger partial charge is 0.444 e. The minimum absolute atomic E-state index is 0.134. The van der Waals surface area contributed by atoms with Crippen molar-refractivity contribution in [2.45, 2.75) is 51.9 Å². The van der Waals surface area contributed by atoms with E-state index in [0.717, 1.165) is 59.7 Å². The number of carbonyl (C=O) groups is 1. The summed E-state index contributed by atoms with van der Waals surface area (Å²) in [7, 11) is 0. The zero-order valence-electron chi connectivity index (χ0n) is 22.7. The van der Waals surface area contributed by atoms with Crippen LogP contribution in [0.4, 0.5) is 0 Å². The van der Waals surface area contributed by atoms with Crippen molar-refractivity contribution in [3.63, 3.8) is 0 Å². The van der Waals surface area contributed by atoms with Crippen LogP contribution in [0, 0.1) is 31.1 Å². The zero-order valence-corrected chi connectivity index (χ0v) is 22.7. The van der Waals surface area contributed by atoms with E-state index in [2.05, 4.69) is 23.2 Å². The summed E-state index contributed by atoms with van der Waals surface area (Å²) >= 11 is 0. The number of aryl methyl sites for hydroxylation is 1. The predicted molar refractivity (Wildman–Crippen MR) is 145 cm³/mol. The molecule has 8 heteroatoms. The summed E-state index contributed by atoms with van der Waals surface area (Å²) in [6.45, 7) is 8.13. The number of likely N-dealkylation sites (tertiary alicyclic amines) is 1. The number of fused-ring (bicyclic) bond motifs is 1. The molecule has 0 radical (unpaired) electrons. The van der Waals surface area contributed by atoms with E-state index in [-0.39, 0.29) is 11.8 Å². The number of carbonyl (C=O) groups excluding carboxylic acids is 1. The Morgan fingerprint density at radius 2 is 1.77 bits per heavy atom. The Bertz CT molecular complexity index is 1370. The summed E-state index contributed by atoms with van der Waals surface area (Å²) in [5, 5.41) is 22.2. The van der Waals surface area contributed by atoms with Gasteiger partial charge in [0.15, 0.2) is 11.5 Å². The molecular formula is C31H35N4O4+. The van der Waals surface area contributed by atoms with Gasteiger partial charge in [0, 0.05) is 41.8 Å². The van der Waals surface area contributed by atoms with Crippen LogP contribution in [0.5, 0.6) is 11.5 Å². The topological polar surface area (TPSA) is 98.7 Å². The lowest BCUT2D eigenvalue weighted by molar-refractivity contribution is -0.908. The molecule has 1 aromatic heterocycles. The van der Waals surface area contributed by atoms with Crippen LogP contribution in [0.2, 0.25) is 0 Å². The van der Waals surface area contributed by atoms with Crippen molar-refractivity contribution < 1.29 is 24.2 Å². The molecule has 1 saturated heterocycles. The Labute approximate surface area is 229 Å². The third-order valence-corrected chi connectivity index (χ3v) is 8.12. The Kier molecular flexibility index (Phi) is 7.45. The van der Waals surface area contributed by atoms with Crippen LogP contribution in [-0.4, -0.2) is 41.7 Å². The number of nitriles is 1. The number of piperidine rings is 1. The van der Waals surface area contributed by atoms with Gasteiger partial charge in [-0.2, -0.15) is 5.26 Å². The number of pyridine rings is 1. The highest BCUT2D eigenvalue weighted by Gasteiger charge is 2.51. The van der Waals surface area contributed by atoms with Crippen LogP contribution in [0.15, 0.2) is 60.8 Å². The van der Waals surface area contributed by atoms with Gasteiger partial charge in [0.25, 0.3) is 11.7 Å². The van der Waals surface area contributed by atoms with E-state index < -0.39 is 5.79 Å². The van der Waals surface area contributed by atoms with Crippen molar-refractivity contribution in [3.8, 4) is 17.6 Å². The number of ether oxygens (including phenoxy) is 2. The SMILES string of the molecule is Cc1cc[n+](O)c(C)c1C(=O)NCCC(C)N1CCC(C2(c3ccc(C#N)cc3)Oc3ccccc3O2)CC1. The first kappa shape index (κ1) is 26.5. The number of para-hydroxylation sites is 2. The normalized spacial score (nSPS) is 17.4. The Morgan fingerprint density at radius 3 is 2.38 bits per heavy atom. The number of hydrogen-bond acceptors (Lipinski definition) is 6. The highest BCUT2D eigenvalue weighted by Crippen LogP contribution is 2.50. The molecule has 0 aliphatic carbocycles. The van der Waals surface area contributed by atoms with Crippen LogP contribution in [-0.2, 0) is 5.79 Å². The lowest BCUT2D eigenvalue weighted by atomic mass is 9.83. The maximum atomic E-state index is 12.8. The summed E-state index contributed by atoms with van der Waals surface area (Å²) in [4.78, 5) is 15.3. The summed E-state index contributed by atoms with van der Waals surface area (Å²) in [6.07, 6.45) is 4.14. The van der Waals surface area contributed by atoms with Crippen molar-refractivity contribution >= 4 is 5.91 Å². The van der Waals surface area contributed by atoms with Gasteiger partial charge in [0.05, 0.1) is 11.6 Å².